The summed E-state index contributed by atoms with van der Waals surface area (Å²) in [6, 6.07) is 6.29. The summed E-state index contributed by atoms with van der Waals surface area (Å²) in [7, 11) is 3.33. The highest BCUT2D eigenvalue weighted by atomic mass is 16.5. The molecule has 16 heavy (non-hydrogen) atoms. The Hall–Kier alpha value is -1.26. The number of hydrogen-bond acceptors (Lipinski definition) is 4. The number of rotatable bonds is 4. The van der Waals surface area contributed by atoms with Gasteiger partial charge in [-0.2, -0.15) is 0 Å². The topological polar surface area (TPSA) is 47.7 Å². The second kappa shape index (κ2) is 4.72. The van der Waals surface area contributed by atoms with Crippen LogP contribution in [-0.4, -0.2) is 38.3 Å². The number of nitrogens with zero attached hydrogens (tertiary/aromatic N) is 1. The van der Waals surface area contributed by atoms with E-state index < -0.39 is 0 Å². The van der Waals surface area contributed by atoms with Gasteiger partial charge in [0.25, 0.3) is 0 Å². The Labute approximate surface area is 95.9 Å². The maximum atomic E-state index is 5.74. The molecule has 0 saturated carbocycles. The van der Waals surface area contributed by atoms with E-state index in [1.807, 2.05) is 18.2 Å². The van der Waals surface area contributed by atoms with Gasteiger partial charge < -0.3 is 15.2 Å². The molecule has 1 aliphatic heterocycles. The number of likely N-dealkylation sites (tertiary alicyclic amines) is 1. The molecule has 1 aliphatic rings. The zero-order chi connectivity index (χ0) is 11.5. The van der Waals surface area contributed by atoms with Crippen molar-refractivity contribution < 1.29 is 9.47 Å². The Bertz CT molecular complexity index is 340. The summed E-state index contributed by atoms with van der Waals surface area (Å²) in [5, 5.41) is 0. The summed E-state index contributed by atoms with van der Waals surface area (Å²) in [4.78, 5) is 2.30. The molecule has 4 heteroatoms. The number of benzene rings is 1. The zero-order valence-electron chi connectivity index (χ0n) is 9.77. The molecule has 2 rings (SSSR count). The number of hydrogen-bond donors (Lipinski definition) is 1. The number of nitrogens with two attached hydrogens (primary N) is 1. The molecule has 2 N–H and O–H groups in total. The van der Waals surface area contributed by atoms with Gasteiger partial charge in [-0.25, -0.2) is 0 Å². The maximum Gasteiger partial charge on any atom is 0.122 e. The molecule has 0 aromatic heterocycles. The van der Waals surface area contributed by atoms with Gasteiger partial charge in [-0.1, -0.05) is 0 Å². The molecule has 1 aromatic rings. The predicted molar refractivity (Wildman–Crippen MR) is 62.8 cm³/mol. The second-order valence-corrected chi connectivity index (χ2v) is 4.18. The summed E-state index contributed by atoms with van der Waals surface area (Å²) < 4.78 is 10.5. The van der Waals surface area contributed by atoms with E-state index in [0.29, 0.717) is 6.04 Å². The van der Waals surface area contributed by atoms with E-state index in [-0.39, 0.29) is 0 Å². The lowest BCUT2D eigenvalue weighted by Gasteiger charge is -2.36. The third-order valence-electron chi connectivity index (χ3n) is 2.80. The van der Waals surface area contributed by atoms with Crippen LogP contribution in [0.3, 0.4) is 0 Å². The van der Waals surface area contributed by atoms with Crippen LogP contribution in [0.4, 0.5) is 0 Å². The Balaban J connectivity index is 2.07. The minimum Gasteiger partial charge on any atom is -0.497 e. The van der Waals surface area contributed by atoms with Gasteiger partial charge in [-0.3, -0.25) is 4.90 Å². The predicted octanol–water partition coefficient (Wildman–Crippen LogP) is 0.847. The van der Waals surface area contributed by atoms with Crippen molar-refractivity contribution in [1.82, 2.24) is 4.90 Å². The van der Waals surface area contributed by atoms with Crippen molar-refractivity contribution in [1.29, 1.82) is 0 Å². The summed E-state index contributed by atoms with van der Waals surface area (Å²) in [6.07, 6.45) is 0. The second-order valence-electron chi connectivity index (χ2n) is 4.18. The molecular weight excluding hydrogens is 204 g/mol. The van der Waals surface area contributed by atoms with Crippen LogP contribution in [0.15, 0.2) is 18.2 Å². The van der Waals surface area contributed by atoms with Crippen LogP contribution in [0.1, 0.15) is 5.56 Å². The van der Waals surface area contributed by atoms with Gasteiger partial charge in [-0.15, -0.1) is 0 Å². The minimum absolute atomic E-state index is 0.340. The molecule has 1 saturated heterocycles. The van der Waals surface area contributed by atoms with Crippen LogP contribution in [-0.2, 0) is 6.54 Å². The van der Waals surface area contributed by atoms with Gasteiger partial charge in [0.1, 0.15) is 11.5 Å². The average Bonchev–Trinajstić information content (AvgIpc) is 2.26. The molecule has 1 aromatic carbocycles. The Kier molecular flexibility index (Phi) is 3.31. The Morgan fingerprint density at radius 2 is 1.75 bits per heavy atom. The van der Waals surface area contributed by atoms with Crippen molar-refractivity contribution in [2.75, 3.05) is 27.3 Å². The molecule has 0 unspecified atom stereocenters. The summed E-state index contributed by atoms with van der Waals surface area (Å²) >= 11 is 0. The standard InChI is InChI=1S/C12H18N2O2/c1-15-11-3-9(4-12(5-11)16-2)6-14-7-10(13)8-14/h3-5,10H,6-8,13H2,1-2H3. The first kappa shape index (κ1) is 11.2. The lowest BCUT2D eigenvalue weighted by Crippen LogP contribution is -2.54. The van der Waals surface area contributed by atoms with E-state index in [0.717, 1.165) is 31.1 Å². The first-order valence-electron chi connectivity index (χ1n) is 5.41. The highest BCUT2D eigenvalue weighted by molar-refractivity contribution is 5.38. The average molecular weight is 222 g/mol. The molecular formula is C12H18N2O2. The Morgan fingerprint density at radius 1 is 1.19 bits per heavy atom. The molecule has 0 aliphatic carbocycles. The zero-order valence-corrected chi connectivity index (χ0v) is 9.77. The van der Waals surface area contributed by atoms with E-state index in [1.165, 1.54) is 5.56 Å². The van der Waals surface area contributed by atoms with Crippen LogP contribution >= 0.6 is 0 Å². The Morgan fingerprint density at radius 3 is 2.19 bits per heavy atom. The lowest BCUT2D eigenvalue weighted by molar-refractivity contribution is 0.142. The molecule has 88 valence electrons. The van der Waals surface area contributed by atoms with E-state index in [9.17, 15) is 0 Å². The molecule has 0 bridgehead atoms. The van der Waals surface area contributed by atoms with Crippen LogP contribution in [0, 0.1) is 0 Å². The molecule has 4 nitrogen and oxygen atoms in total. The van der Waals surface area contributed by atoms with Crippen molar-refractivity contribution in [2.45, 2.75) is 12.6 Å². The van der Waals surface area contributed by atoms with Crippen molar-refractivity contribution in [3.8, 4) is 11.5 Å². The molecule has 1 fully saturated rings. The van der Waals surface area contributed by atoms with Crippen LogP contribution in [0.5, 0.6) is 11.5 Å². The number of ether oxygens (including phenoxy) is 2. The lowest BCUT2D eigenvalue weighted by atomic mass is 10.1. The summed E-state index contributed by atoms with van der Waals surface area (Å²) in [5.41, 5.74) is 6.94. The van der Waals surface area contributed by atoms with Crippen LogP contribution in [0.25, 0.3) is 0 Å². The fraction of sp³-hybridized carbons (Fsp3) is 0.500. The highest BCUT2D eigenvalue weighted by Gasteiger charge is 2.22. The summed E-state index contributed by atoms with van der Waals surface area (Å²) in [6.45, 7) is 2.85. The molecule has 0 spiro atoms. The normalized spacial score (nSPS) is 16.9. The fourth-order valence-electron chi connectivity index (χ4n) is 1.95. The van der Waals surface area contributed by atoms with Gasteiger partial charge in [0.2, 0.25) is 0 Å². The summed E-state index contributed by atoms with van der Waals surface area (Å²) in [5.74, 6) is 1.67. The van der Waals surface area contributed by atoms with Crippen molar-refractivity contribution in [3.05, 3.63) is 23.8 Å². The van der Waals surface area contributed by atoms with E-state index in [4.69, 9.17) is 15.2 Å². The molecule has 0 amide bonds. The van der Waals surface area contributed by atoms with Crippen molar-refractivity contribution in [2.24, 2.45) is 5.73 Å². The van der Waals surface area contributed by atoms with Crippen molar-refractivity contribution >= 4 is 0 Å². The smallest absolute Gasteiger partial charge is 0.122 e. The van der Waals surface area contributed by atoms with E-state index in [1.54, 1.807) is 14.2 Å². The van der Waals surface area contributed by atoms with Crippen LogP contribution in [0.2, 0.25) is 0 Å². The first-order chi connectivity index (χ1) is 7.71. The van der Waals surface area contributed by atoms with E-state index in [2.05, 4.69) is 4.90 Å². The molecule has 0 atom stereocenters. The third-order valence-corrected chi connectivity index (χ3v) is 2.80. The first-order valence-corrected chi connectivity index (χ1v) is 5.41. The van der Waals surface area contributed by atoms with Crippen LogP contribution < -0.4 is 15.2 Å². The van der Waals surface area contributed by atoms with Gasteiger partial charge in [0.05, 0.1) is 14.2 Å². The van der Waals surface area contributed by atoms with Gasteiger partial charge in [0.15, 0.2) is 0 Å². The quantitative estimate of drug-likeness (QED) is 0.820. The highest BCUT2D eigenvalue weighted by Crippen LogP contribution is 2.24. The minimum atomic E-state index is 0.340. The monoisotopic (exact) mass is 222 g/mol. The van der Waals surface area contributed by atoms with Gasteiger partial charge in [0, 0.05) is 31.7 Å². The molecule has 0 radical (unpaired) electrons. The number of methoxy groups -OCH3 is 2. The van der Waals surface area contributed by atoms with E-state index >= 15 is 0 Å². The molecule has 1 heterocycles. The van der Waals surface area contributed by atoms with Gasteiger partial charge >= 0.3 is 0 Å². The fourth-order valence-corrected chi connectivity index (χ4v) is 1.95. The largest absolute Gasteiger partial charge is 0.497 e. The van der Waals surface area contributed by atoms with Crippen molar-refractivity contribution in [3.63, 3.8) is 0 Å². The third kappa shape index (κ3) is 2.46. The SMILES string of the molecule is COc1cc(CN2CC(N)C2)cc(OC)c1. The maximum absolute atomic E-state index is 5.74. The van der Waals surface area contributed by atoms with Gasteiger partial charge in [-0.05, 0) is 17.7 Å².